The zero-order valence-electron chi connectivity index (χ0n) is 13.5. The topological polar surface area (TPSA) is 87.9 Å². The molecule has 0 saturated carbocycles. The van der Waals surface area contributed by atoms with E-state index in [1.807, 2.05) is 40.4 Å². The smallest absolute Gasteiger partial charge is 0.191 e. The molecule has 2 N–H and O–H groups in total. The molecule has 0 aromatic carbocycles. The molecule has 1 aliphatic rings. The SMILES string of the molecule is I.NC(=NCc1nnc2ccccn12)N1CCN(c2nccs2)CC1. The van der Waals surface area contributed by atoms with Gasteiger partial charge in [-0.1, -0.05) is 6.07 Å². The van der Waals surface area contributed by atoms with Crippen molar-refractivity contribution in [1.29, 1.82) is 0 Å². The number of nitrogens with zero attached hydrogens (tertiary/aromatic N) is 7. The van der Waals surface area contributed by atoms with Gasteiger partial charge in [0.1, 0.15) is 6.54 Å². The van der Waals surface area contributed by atoms with Gasteiger partial charge in [-0.25, -0.2) is 9.98 Å². The van der Waals surface area contributed by atoms with Gasteiger partial charge < -0.3 is 15.5 Å². The summed E-state index contributed by atoms with van der Waals surface area (Å²) in [6.07, 6.45) is 3.77. The number of anilines is 1. The zero-order valence-corrected chi connectivity index (χ0v) is 16.7. The number of thiazole rings is 1. The summed E-state index contributed by atoms with van der Waals surface area (Å²) in [6, 6.07) is 5.81. The molecule has 10 heteroatoms. The molecule has 4 rings (SSSR count). The third kappa shape index (κ3) is 3.84. The molecule has 4 heterocycles. The summed E-state index contributed by atoms with van der Waals surface area (Å²) >= 11 is 1.67. The van der Waals surface area contributed by atoms with Gasteiger partial charge in [-0.15, -0.1) is 45.5 Å². The monoisotopic (exact) mass is 470 g/mol. The number of nitrogens with two attached hydrogens (primary N) is 1. The van der Waals surface area contributed by atoms with Crippen LogP contribution in [-0.4, -0.2) is 56.6 Å². The molecule has 0 amide bonds. The minimum Gasteiger partial charge on any atom is -0.370 e. The van der Waals surface area contributed by atoms with Crippen molar-refractivity contribution in [3.63, 3.8) is 0 Å². The Bertz CT molecular complexity index is 838. The number of aliphatic imine (C=N–C) groups is 1. The fourth-order valence-electron chi connectivity index (χ4n) is 2.75. The van der Waals surface area contributed by atoms with Crippen LogP contribution in [0, 0.1) is 0 Å². The minimum absolute atomic E-state index is 0. The fourth-order valence-corrected chi connectivity index (χ4v) is 3.45. The highest BCUT2D eigenvalue weighted by molar-refractivity contribution is 14.0. The Kier molecular flexibility index (Phi) is 5.68. The molecule has 0 bridgehead atoms. The molecule has 0 radical (unpaired) electrons. The van der Waals surface area contributed by atoms with E-state index in [4.69, 9.17) is 5.73 Å². The van der Waals surface area contributed by atoms with Crippen LogP contribution in [0.2, 0.25) is 0 Å². The maximum Gasteiger partial charge on any atom is 0.191 e. The lowest BCUT2D eigenvalue weighted by Crippen LogP contribution is -2.51. The van der Waals surface area contributed by atoms with Crippen molar-refractivity contribution in [3.05, 3.63) is 41.8 Å². The highest BCUT2D eigenvalue weighted by atomic mass is 127. The standard InChI is InChI=1S/C15H18N8S.HI/c16-14(18-11-13-20-19-12-3-1-2-5-23(12)13)21-6-8-22(9-7-21)15-17-4-10-24-15;/h1-5,10H,6-9,11H2,(H2,16,18);1H. The first-order valence-electron chi connectivity index (χ1n) is 7.79. The van der Waals surface area contributed by atoms with Crippen LogP contribution in [0.4, 0.5) is 5.13 Å². The Hall–Kier alpha value is -1.95. The second-order valence-electron chi connectivity index (χ2n) is 5.51. The Labute approximate surface area is 166 Å². The van der Waals surface area contributed by atoms with E-state index in [0.717, 1.165) is 42.8 Å². The predicted molar refractivity (Wildman–Crippen MR) is 110 cm³/mol. The number of hydrogen-bond acceptors (Lipinski definition) is 6. The van der Waals surface area contributed by atoms with Crippen LogP contribution < -0.4 is 10.6 Å². The highest BCUT2D eigenvalue weighted by Crippen LogP contribution is 2.18. The lowest BCUT2D eigenvalue weighted by atomic mass is 10.3. The average Bonchev–Trinajstić information content (AvgIpc) is 3.30. The molecule has 1 saturated heterocycles. The Morgan fingerprint density at radius 3 is 2.80 bits per heavy atom. The van der Waals surface area contributed by atoms with Gasteiger partial charge in [0.25, 0.3) is 0 Å². The van der Waals surface area contributed by atoms with Crippen LogP contribution in [-0.2, 0) is 6.54 Å². The third-order valence-electron chi connectivity index (χ3n) is 4.06. The summed E-state index contributed by atoms with van der Waals surface area (Å²) in [5.74, 6) is 1.34. The number of rotatable bonds is 3. The average molecular weight is 470 g/mol. The summed E-state index contributed by atoms with van der Waals surface area (Å²) in [6.45, 7) is 3.91. The van der Waals surface area contributed by atoms with E-state index in [9.17, 15) is 0 Å². The highest BCUT2D eigenvalue weighted by Gasteiger charge is 2.19. The van der Waals surface area contributed by atoms with E-state index in [1.165, 1.54) is 0 Å². The second kappa shape index (κ2) is 7.95. The molecule has 132 valence electrons. The largest absolute Gasteiger partial charge is 0.370 e. The maximum atomic E-state index is 6.16. The number of aromatic nitrogens is 4. The lowest BCUT2D eigenvalue weighted by molar-refractivity contribution is 0.380. The minimum atomic E-state index is 0. The molecule has 8 nitrogen and oxygen atoms in total. The van der Waals surface area contributed by atoms with E-state index < -0.39 is 0 Å². The van der Waals surface area contributed by atoms with Crippen molar-refractivity contribution in [2.45, 2.75) is 6.54 Å². The van der Waals surface area contributed by atoms with Crippen LogP contribution in [0.25, 0.3) is 5.65 Å². The Balaban J connectivity index is 0.00000182. The molecule has 0 unspecified atom stereocenters. The number of pyridine rings is 1. The molecule has 0 atom stereocenters. The molecule has 25 heavy (non-hydrogen) atoms. The number of guanidine groups is 1. The zero-order chi connectivity index (χ0) is 16.4. The number of halogens is 1. The summed E-state index contributed by atoms with van der Waals surface area (Å²) in [4.78, 5) is 13.2. The summed E-state index contributed by atoms with van der Waals surface area (Å²) in [5, 5.41) is 11.4. The number of fused-ring (bicyclic) bond motifs is 1. The third-order valence-corrected chi connectivity index (χ3v) is 4.89. The summed E-state index contributed by atoms with van der Waals surface area (Å²) in [5.41, 5.74) is 6.98. The second-order valence-corrected chi connectivity index (χ2v) is 6.38. The van der Waals surface area contributed by atoms with Gasteiger partial charge in [-0.3, -0.25) is 4.40 Å². The first-order valence-corrected chi connectivity index (χ1v) is 8.67. The summed E-state index contributed by atoms with van der Waals surface area (Å²) < 4.78 is 1.93. The Morgan fingerprint density at radius 2 is 2.04 bits per heavy atom. The molecule has 0 spiro atoms. The molecule has 3 aromatic rings. The van der Waals surface area contributed by atoms with Crippen LogP contribution >= 0.6 is 35.3 Å². The van der Waals surface area contributed by atoms with Gasteiger partial charge in [0, 0.05) is 44.0 Å². The van der Waals surface area contributed by atoms with Crippen LogP contribution in [0.15, 0.2) is 41.0 Å². The number of piperazine rings is 1. The van der Waals surface area contributed by atoms with Gasteiger partial charge in [0.05, 0.1) is 0 Å². The van der Waals surface area contributed by atoms with Gasteiger partial charge in [0.2, 0.25) is 0 Å². The van der Waals surface area contributed by atoms with Crippen molar-refractivity contribution in [3.8, 4) is 0 Å². The first kappa shape index (κ1) is 17.9. The van der Waals surface area contributed by atoms with Crippen LogP contribution in [0.1, 0.15) is 5.82 Å². The van der Waals surface area contributed by atoms with E-state index >= 15 is 0 Å². The van der Waals surface area contributed by atoms with Gasteiger partial charge >= 0.3 is 0 Å². The lowest BCUT2D eigenvalue weighted by Gasteiger charge is -2.35. The predicted octanol–water partition coefficient (Wildman–Crippen LogP) is 1.44. The van der Waals surface area contributed by atoms with E-state index in [-0.39, 0.29) is 24.0 Å². The molecule has 0 aliphatic carbocycles. The normalized spacial score (nSPS) is 15.4. The molecular formula is C15H19IN8S. The molecular weight excluding hydrogens is 451 g/mol. The molecule has 1 fully saturated rings. The summed E-state index contributed by atoms with van der Waals surface area (Å²) in [7, 11) is 0. The fraction of sp³-hybridized carbons (Fsp3) is 0.333. The quantitative estimate of drug-likeness (QED) is 0.354. The van der Waals surface area contributed by atoms with Gasteiger partial charge in [-0.2, -0.15) is 0 Å². The van der Waals surface area contributed by atoms with E-state index in [2.05, 4.69) is 30.0 Å². The van der Waals surface area contributed by atoms with E-state index in [0.29, 0.717) is 12.5 Å². The molecule has 1 aliphatic heterocycles. The van der Waals surface area contributed by atoms with Crippen LogP contribution in [0.3, 0.4) is 0 Å². The number of hydrogen-bond donors (Lipinski definition) is 1. The molecule has 3 aromatic heterocycles. The van der Waals surface area contributed by atoms with Crippen molar-refractivity contribution >= 4 is 52.1 Å². The Morgan fingerprint density at radius 1 is 1.20 bits per heavy atom. The van der Waals surface area contributed by atoms with E-state index in [1.54, 1.807) is 11.3 Å². The van der Waals surface area contributed by atoms with Crippen molar-refractivity contribution < 1.29 is 0 Å². The van der Waals surface area contributed by atoms with Crippen molar-refractivity contribution in [2.75, 3.05) is 31.1 Å². The van der Waals surface area contributed by atoms with Gasteiger partial charge in [-0.05, 0) is 12.1 Å². The van der Waals surface area contributed by atoms with Crippen molar-refractivity contribution in [2.24, 2.45) is 10.7 Å². The first-order chi connectivity index (χ1) is 11.8. The van der Waals surface area contributed by atoms with Gasteiger partial charge in [0.15, 0.2) is 22.6 Å². The van der Waals surface area contributed by atoms with Crippen molar-refractivity contribution in [1.82, 2.24) is 24.5 Å². The van der Waals surface area contributed by atoms with Crippen LogP contribution in [0.5, 0.6) is 0 Å². The maximum absolute atomic E-state index is 6.16.